The van der Waals surface area contributed by atoms with Gasteiger partial charge in [-0.05, 0) is 31.4 Å². The van der Waals surface area contributed by atoms with E-state index in [4.69, 9.17) is 9.84 Å². The van der Waals surface area contributed by atoms with Gasteiger partial charge >= 0.3 is 0 Å². The minimum Gasteiger partial charge on any atom is -0.395 e. The zero-order valence-electron chi connectivity index (χ0n) is 10.1. The van der Waals surface area contributed by atoms with Crippen molar-refractivity contribution in [3.63, 3.8) is 0 Å². The summed E-state index contributed by atoms with van der Waals surface area (Å²) >= 11 is 0. The van der Waals surface area contributed by atoms with Gasteiger partial charge in [0.25, 0.3) is 0 Å². The quantitative estimate of drug-likeness (QED) is 0.834. The molecule has 1 heterocycles. The monoisotopic (exact) mass is 235 g/mol. The van der Waals surface area contributed by atoms with Crippen molar-refractivity contribution in [3.8, 4) is 0 Å². The lowest BCUT2D eigenvalue weighted by molar-refractivity contribution is 0.0323. The first-order valence-electron chi connectivity index (χ1n) is 6.38. The van der Waals surface area contributed by atoms with Crippen LogP contribution in [0.3, 0.4) is 0 Å². The van der Waals surface area contributed by atoms with Crippen molar-refractivity contribution in [1.29, 1.82) is 0 Å². The molecule has 3 nitrogen and oxygen atoms in total. The number of rotatable bonds is 4. The third-order valence-electron chi connectivity index (χ3n) is 3.29. The van der Waals surface area contributed by atoms with Gasteiger partial charge in [-0.1, -0.05) is 30.3 Å². The van der Waals surface area contributed by atoms with Gasteiger partial charge in [-0.15, -0.1) is 0 Å². The van der Waals surface area contributed by atoms with Gasteiger partial charge in [-0.2, -0.15) is 0 Å². The van der Waals surface area contributed by atoms with Gasteiger partial charge < -0.3 is 15.2 Å². The second-order valence-corrected chi connectivity index (χ2v) is 4.62. The van der Waals surface area contributed by atoms with E-state index in [2.05, 4.69) is 17.4 Å². The van der Waals surface area contributed by atoms with Crippen molar-refractivity contribution < 1.29 is 9.84 Å². The molecule has 1 saturated heterocycles. The fraction of sp³-hybridized carbons (Fsp3) is 0.571. The maximum absolute atomic E-state index is 9.11. The largest absolute Gasteiger partial charge is 0.395 e. The lowest BCUT2D eigenvalue weighted by Gasteiger charge is -2.15. The summed E-state index contributed by atoms with van der Waals surface area (Å²) in [6, 6.07) is 10.5. The van der Waals surface area contributed by atoms with Gasteiger partial charge in [0, 0.05) is 6.04 Å². The summed E-state index contributed by atoms with van der Waals surface area (Å²) in [6.45, 7) is 1.85. The van der Waals surface area contributed by atoms with Gasteiger partial charge in [0.2, 0.25) is 0 Å². The Hall–Kier alpha value is -0.900. The van der Waals surface area contributed by atoms with E-state index in [1.807, 2.05) is 18.2 Å². The Kier molecular flexibility index (Phi) is 4.98. The normalized spacial score (nSPS) is 25.5. The summed E-state index contributed by atoms with van der Waals surface area (Å²) in [5, 5.41) is 12.4. The fourth-order valence-electron chi connectivity index (χ4n) is 2.19. The Morgan fingerprint density at radius 1 is 1.18 bits per heavy atom. The van der Waals surface area contributed by atoms with Crippen LogP contribution in [0.15, 0.2) is 30.3 Å². The van der Waals surface area contributed by atoms with Gasteiger partial charge in [-0.25, -0.2) is 0 Å². The Balaban J connectivity index is 1.76. The molecule has 3 heteroatoms. The molecule has 0 bridgehead atoms. The molecule has 1 aromatic carbocycles. The van der Waals surface area contributed by atoms with Crippen molar-refractivity contribution in [2.45, 2.75) is 38.0 Å². The van der Waals surface area contributed by atoms with E-state index < -0.39 is 0 Å². The molecular formula is C14H21NO2. The van der Waals surface area contributed by atoms with Crippen molar-refractivity contribution >= 4 is 0 Å². The summed E-state index contributed by atoms with van der Waals surface area (Å²) < 4.78 is 5.92. The molecule has 94 valence electrons. The number of hydrogen-bond donors (Lipinski definition) is 2. The molecule has 1 aromatic rings. The molecule has 0 amide bonds. The van der Waals surface area contributed by atoms with Crippen LogP contribution in [0.5, 0.6) is 0 Å². The van der Waals surface area contributed by atoms with Crippen LogP contribution in [0.1, 0.15) is 24.8 Å². The minimum atomic E-state index is 0.228. The average molecular weight is 235 g/mol. The average Bonchev–Trinajstić information content (AvgIpc) is 2.62. The maximum atomic E-state index is 9.11. The molecule has 2 atom stereocenters. The maximum Gasteiger partial charge on any atom is 0.0720 e. The van der Waals surface area contributed by atoms with Crippen molar-refractivity contribution in [2.24, 2.45) is 0 Å². The number of aliphatic hydroxyl groups is 1. The molecule has 2 unspecified atom stereocenters. The van der Waals surface area contributed by atoms with Gasteiger partial charge in [-0.3, -0.25) is 0 Å². The van der Waals surface area contributed by atoms with Crippen LogP contribution in [0.25, 0.3) is 0 Å². The number of aliphatic hydroxyl groups excluding tert-OH is 1. The molecule has 0 aromatic heterocycles. The summed E-state index contributed by atoms with van der Waals surface area (Å²) in [4.78, 5) is 0. The van der Waals surface area contributed by atoms with Crippen LogP contribution in [0, 0.1) is 0 Å². The highest BCUT2D eigenvalue weighted by atomic mass is 16.5. The number of nitrogens with one attached hydrogen (secondary N) is 1. The highest BCUT2D eigenvalue weighted by Crippen LogP contribution is 2.15. The molecule has 0 radical (unpaired) electrons. The first kappa shape index (κ1) is 12.6. The zero-order chi connectivity index (χ0) is 11.9. The van der Waals surface area contributed by atoms with E-state index in [9.17, 15) is 0 Å². The first-order valence-corrected chi connectivity index (χ1v) is 6.38. The molecular weight excluding hydrogens is 214 g/mol. The second kappa shape index (κ2) is 6.74. The summed E-state index contributed by atoms with van der Waals surface area (Å²) in [5.74, 6) is 0. The highest BCUT2D eigenvalue weighted by Gasteiger charge is 2.17. The van der Waals surface area contributed by atoms with Gasteiger partial charge in [0.15, 0.2) is 0 Å². The molecule has 1 fully saturated rings. The zero-order valence-corrected chi connectivity index (χ0v) is 10.1. The Morgan fingerprint density at radius 3 is 2.76 bits per heavy atom. The predicted octanol–water partition coefficient (Wildman–Crippen LogP) is 1.71. The number of hydrogen-bond acceptors (Lipinski definition) is 3. The molecule has 0 aliphatic carbocycles. The summed E-state index contributed by atoms with van der Waals surface area (Å²) in [5.41, 5.74) is 1.23. The van der Waals surface area contributed by atoms with Crippen LogP contribution in [-0.4, -0.2) is 30.4 Å². The molecule has 2 rings (SSSR count). The van der Waals surface area contributed by atoms with E-state index in [1.165, 1.54) is 5.56 Å². The van der Waals surface area contributed by atoms with Crippen molar-refractivity contribution in [1.82, 2.24) is 5.32 Å². The van der Waals surface area contributed by atoms with Crippen LogP contribution in [0.2, 0.25) is 0 Å². The summed E-state index contributed by atoms with van der Waals surface area (Å²) in [6.07, 6.45) is 3.38. The number of ether oxygens (including phenoxy) is 1. The van der Waals surface area contributed by atoms with Crippen LogP contribution >= 0.6 is 0 Å². The van der Waals surface area contributed by atoms with Crippen molar-refractivity contribution in [3.05, 3.63) is 35.9 Å². The third kappa shape index (κ3) is 4.11. The Labute approximate surface area is 103 Å². The van der Waals surface area contributed by atoms with Crippen LogP contribution < -0.4 is 5.32 Å². The highest BCUT2D eigenvalue weighted by molar-refractivity contribution is 5.13. The molecule has 17 heavy (non-hydrogen) atoms. The summed E-state index contributed by atoms with van der Waals surface area (Å²) in [7, 11) is 0. The smallest absolute Gasteiger partial charge is 0.0720 e. The van der Waals surface area contributed by atoms with Crippen molar-refractivity contribution in [2.75, 3.05) is 13.2 Å². The molecule has 2 N–H and O–H groups in total. The van der Waals surface area contributed by atoms with E-state index in [0.717, 1.165) is 25.8 Å². The minimum absolute atomic E-state index is 0.228. The van der Waals surface area contributed by atoms with E-state index in [0.29, 0.717) is 12.7 Å². The fourth-order valence-corrected chi connectivity index (χ4v) is 2.19. The molecule has 1 aliphatic heterocycles. The SMILES string of the molecule is OCC1CCC(OCc2ccccc2)CCN1. The molecule has 0 saturated carbocycles. The Bertz CT molecular complexity index is 315. The van der Waals surface area contributed by atoms with Gasteiger partial charge in [0.05, 0.1) is 19.3 Å². The predicted molar refractivity (Wildman–Crippen MR) is 67.7 cm³/mol. The first-order chi connectivity index (χ1) is 8.38. The van der Waals surface area contributed by atoms with Gasteiger partial charge in [0.1, 0.15) is 0 Å². The van der Waals surface area contributed by atoms with E-state index in [-0.39, 0.29) is 12.6 Å². The molecule has 1 aliphatic rings. The standard InChI is InChI=1S/C14H21NO2/c16-10-13-6-7-14(8-9-15-13)17-11-12-4-2-1-3-5-12/h1-5,13-16H,6-11H2. The topological polar surface area (TPSA) is 41.5 Å². The lowest BCUT2D eigenvalue weighted by atomic mass is 10.1. The van der Waals surface area contributed by atoms with Crippen LogP contribution in [0.4, 0.5) is 0 Å². The molecule has 0 spiro atoms. The second-order valence-electron chi connectivity index (χ2n) is 4.62. The number of benzene rings is 1. The van der Waals surface area contributed by atoms with E-state index >= 15 is 0 Å². The Morgan fingerprint density at radius 2 is 2.00 bits per heavy atom. The van der Waals surface area contributed by atoms with E-state index in [1.54, 1.807) is 0 Å². The lowest BCUT2D eigenvalue weighted by Crippen LogP contribution is -2.31. The van der Waals surface area contributed by atoms with Crippen LogP contribution in [-0.2, 0) is 11.3 Å². The third-order valence-corrected chi connectivity index (χ3v) is 3.29.